The molecular formula is C8H14O. The number of terminal acetylenes is 1. The fourth-order valence-electron chi connectivity index (χ4n) is 1.06. The molecule has 1 N–H and O–H groups in total. The lowest BCUT2D eigenvalue weighted by molar-refractivity contribution is 0.504. The fourth-order valence-corrected chi connectivity index (χ4v) is 1.06. The summed E-state index contributed by atoms with van der Waals surface area (Å²) in [5, 5.41) is 7.10. The summed E-state index contributed by atoms with van der Waals surface area (Å²) >= 11 is 0. The van der Waals surface area contributed by atoms with Gasteiger partial charge in [-0.15, -0.1) is 0 Å². The van der Waals surface area contributed by atoms with E-state index in [4.69, 9.17) is 5.11 Å². The zero-order valence-corrected chi connectivity index (χ0v) is 5.77. The molecule has 9 heavy (non-hydrogen) atoms. The summed E-state index contributed by atoms with van der Waals surface area (Å²) < 4.78 is 0. The molecule has 1 nitrogen and oxygen atoms in total. The maximum atomic E-state index is 7.10. The smallest absolute Gasteiger partial charge is 0.103 e. The van der Waals surface area contributed by atoms with Crippen LogP contribution in [0.5, 0.6) is 0 Å². The van der Waals surface area contributed by atoms with Crippen LogP contribution in [0.3, 0.4) is 0 Å². The molecule has 1 heteroatoms. The summed E-state index contributed by atoms with van der Waals surface area (Å²) in [4.78, 5) is 0. The Balaban J connectivity index is 0.000000187. The first-order valence-corrected chi connectivity index (χ1v) is 3.51. The Morgan fingerprint density at radius 2 is 1.00 bits per heavy atom. The van der Waals surface area contributed by atoms with E-state index in [2.05, 4.69) is 6.42 Å². The normalized spacial score (nSPS) is 16.8. The van der Waals surface area contributed by atoms with Crippen molar-refractivity contribution < 1.29 is 5.11 Å². The van der Waals surface area contributed by atoms with Gasteiger partial charge in [-0.25, -0.2) is 0 Å². The average molecular weight is 126 g/mol. The molecule has 0 atom stereocenters. The van der Waals surface area contributed by atoms with Crippen molar-refractivity contribution in [2.24, 2.45) is 0 Å². The van der Waals surface area contributed by atoms with Crippen molar-refractivity contribution in [1.29, 1.82) is 0 Å². The fraction of sp³-hybridized carbons (Fsp3) is 0.750. The van der Waals surface area contributed by atoms with E-state index in [1.807, 2.05) is 0 Å². The van der Waals surface area contributed by atoms with Gasteiger partial charge in [0, 0.05) is 0 Å². The molecule has 0 aromatic carbocycles. The van der Waals surface area contributed by atoms with Crippen LogP contribution >= 0.6 is 0 Å². The molecule has 0 amide bonds. The number of rotatable bonds is 0. The summed E-state index contributed by atoms with van der Waals surface area (Å²) in [6, 6.07) is 0. The van der Waals surface area contributed by atoms with Crippen molar-refractivity contribution in [3.05, 3.63) is 0 Å². The third-order valence-corrected chi connectivity index (χ3v) is 1.50. The molecule has 0 aromatic rings. The van der Waals surface area contributed by atoms with Crippen LogP contribution in [0.1, 0.15) is 38.5 Å². The monoisotopic (exact) mass is 126 g/mol. The molecule has 0 bridgehead atoms. The second-order valence-electron chi connectivity index (χ2n) is 2.25. The van der Waals surface area contributed by atoms with Crippen LogP contribution in [0.2, 0.25) is 0 Å². The van der Waals surface area contributed by atoms with Crippen LogP contribution in [-0.2, 0) is 0 Å². The van der Waals surface area contributed by atoms with Crippen molar-refractivity contribution in [3.63, 3.8) is 0 Å². The first-order valence-electron chi connectivity index (χ1n) is 3.51. The zero-order valence-electron chi connectivity index (χ0n) is 5.77. The lowest BCUT2D eigenvalue weighted by Crippen LogP contribution is -1.85. The molecule has 1 aliphatic carbocycles. The van der Waals surface area contributed by atoms with Gasteiger partial charge in [-0.3, -0.25) is 0 Å². The Morgan fingerprint density at radius 3 is 1.11 bits per heavy atom. The Hall–Kier alpha value is -0.640. The second-order valence-corrected chi connectivity index (χ2v) is 2.25. The van der Waals surface area contributed by atoms with E-state index >= 15 is 0 Å². The van der Waals surface area contributed by atoms with Gasteiger partial charge in [0.1, 0.15) is 6.11 Å². The van der Waals surface area contributed by atoms with Gasteiger partial charge in [0.15, 0.2) is 0 Å². The van der Waals surface area contributed by atoms with E-state index in [0.717, 1.165) is 0 Å². The van der Waals surface area contributed by atoms with Crippen molar-refractivity contribution >= 4 is 0 Å². The van der Waals surface area contributed by atoms with Gasteiger partial charge < -0.3 is 5.11 Å². The summed E-state index contributed by atoms with van der Waals surface area (Å²) in [5.74, 6) is 0. The lowest BCUT2D eigenvalue weighted by Gasteiger charge is -2.05. The van der Waals surface area contributed by atoms with Gasteiger partial charge in [0.2, 0.25) is 0 Å². The molecule has 1 fully saturated rings. The van der Waals surface area contributed by atoms with Crippen LogP contribution in [0.15, 0.2) is 0 Å². The molecule has 52 valence electrons. The molecule has 0 saturated heterocycles. The maximum Gasteiger partial charge on any atom is 0.103 e. The van der Waals surface area contributed by atoms with E-state index in [1.54, 1.807) is 0 Å². The summed E-state index contributed by atoms with van der Waals surface area (Å²) in [6.07, 6.45) is 14.4. The minimum absolute atomic E-state index is 1.25. The van der Waals surface area contributed by atoms with Crippen LogP contribution in [0, 0.1) is 12.5 Å². The van der Waals surface area contributed by atoms with E-state index in [1.165, 1.54) is 44.6 Å². The van der Waals surface area contributed by atoms with Crippen molar-refractivity contribution in [2.45, 2.75) is 38.5 Å². The number of aliphatic hydroxyl groups is 1. The van der Waals surface area contributed by atoms with Gasteiger partial charge in [0.05, 0.1) is 0 Å². The number of aliphatic hydroxyl groups excluding tert-OH is 1. The largest absolute Gasteiger partial charge is 0.462 e. The van der Waals surface area contributed by atoms with Crippen LogP contribution in [0.4, 0.5) is 0 Å². The van der Waals surface area contributed by atoms with E-state index in [-0.39, 0.29) is 0 Å². The highest BCUT2D eigenvalue weighted by Crippen LogP contribution is 2.15. The Bertz CT molecular complexity index is 65.5. The van der Waals surface area contributed by atoms with E-state index in [9.17, 15) is 0 Å². The molecule has 1 saturated carbocycles. The summed E-state index contributed by atoms with van der Waals surface area (Å²) in [7, 11) is 0. The SMILES string of the molecule is C#CO.C1CCCCC1. The first kappa shape index (κ1) is 8.36. The highest BCUT2D eigenvalue weighted by Gasteiger charge is 1.95. The number of hydrogen-bond donors (Lipinski definition) is 1. The van der Waals surface area contributed by atoms with Gasteiger partial charge in [-0.05, 0) is 0 Å². The molecule has 1 rings (SSSR count). The van der Waals surface area contributed by atoms with E-state index in [0.29, 0.717) is 0 Å². The van der Waals surface area contributed by atoms with Crippen LogP contribution < -0.4 is 0 Å². The van der Waals surface area contributed by atoms with Crippen LogP contribution in [0.25, 0.3) is 0 Å². The highest BCUT2D eigenvalue weighted by atomic mass is 16.2. The number of hydrogen-bond acceptors (Lipinski definition) is 1. The van der Waals surface area contributed by atoms with Crippen molar-refractivity contribution in [3.8, 4) is 12.5 Å². The lowest BCUT2D eigenvalue weighted by atomic mass is 10.0. The summed E-state index contributed by atoms with van der Waals surface area (Å²) in [5.41, 5.74) is 0. The molecule has 0 aromatic heterocycles. The minimum atomic E-state index is 1.25. The highest BCUT2D eigenvalue weighted by molar-refractivity contribution is 4.61. The van der Waals surface area contributed by atoms with Crippen molar-refractivity contribution in [1.82, 2.24) is 0 Å². The molecule has 0 heterocycles. The Labute approximate surface area is 57.1 Å². The Kier molecular flexibility index (Phi) is 6.84. The van der Waals surface area contributed by atoms with Crippen LogP contribution in [-0.4, -0.2) is 5.11 Å². The molecule has 0 spiro atoms. The minimum Gasteiger partial charge on any atom is -0.462 e. The third kappa shape index (κ3) is 7.36. The predicted octanol–water partition coefficient (Wildman–Crippen LogP) is 2.29. The van der Waals surface area contributed by atoms with E-state index < -0.39 is 0 Å². The average Bonchev–Trinajstić information content (AvgIpc) is 1.93. The van der Waals surface area contributed by atoms with Gasteiger partial charge in [-0.1, -0.05) is 44.9 Å². The quantitative estimate of drug-likeness (QED) is 0.494. The zero-order chi connectivity index (χ0) is 6.95. The van der Waals surface area contributed by atoms with Gasteiger partial charge in [0.25, 0.3) is 0 Å². The standard InChI is InChI=1S/C6H12.C2H2O/c1-2-4-6-5-3-1;1-2-3/h1-6H2;1,3H. The maximum absolute atomic E-state index is 7.10. The van der Waals surface area contributed by atoms with Gasteiger partial charge in [-0.2, -0.15) is 0 Å². The predicted molar refractivity (Wildman–Crippen MR) is 38.5 cm³/mol. The molecular weight excluding hydrogens is 112 g/mol. The molecule has 1 aliphatic rings. The summed E-state index contributed by atoms with van der Waals surface area (Å²) in [6.45, 7) is 0. The molecule has 0 unspecified atom stereocenters. The molecule has 0 aliphatic heterocycles. The Morgan fingerprint density at radius 1 is 0.889 bits per heavy atom. The molecule has 0 radical (unpaired) electrons. The second kappa shape index (κ2) is 7.36. The van der Waals surface area contributed by atoms with Crippen molar-refractivity contribution in [2.75, 3.05) is 0 Å². The van der Waals surface area contributed by atoms with Gasteiger partial charge >= 0.3 is 0 Å². The topological polar surface area (TPSA) is 20.2 Å². The third-order valence-electron chi connectivity index (χ3n) is 1.50. The first-order chi connectivity index (χ1) is 4.41.